The first-order valence-corrected chi connectivity index (χ1v) is 6.96. The topological polar surface area (TPSA) is 158 Å². The van der Waals surface area contributed by atoms with Gasteiger partial charge in [-0.2, -0.15) is 0 Å². The maximum atomic E-state index is 10.0. The molecule has 3 fully saturated rings. The van der Waals surface area contributed by atoms with E-state index in [1.807, 2.05) is 0 Å². The average Bonchev–Trinajstić information content (AvgIpc) is 2.91. The molecule has 0 aromatic heterocycles. The molecule has 3 rings (SSSR count). The first-order chi connectivity index (χ1) is 10.4. The minimum atomic E-state index is -1.69. The van der Waals surface area contributed by atoms with Gasteiger partial charge in [0.15, 0.2) is 0 Å². The molecule has 22 heavy (non-hydrogen) atoms. The average molecular weight is 324 g/mol. The molecule has 3 aliphatic rings. The van der Waals surface area contributed by atoms with Crippen LogP contribution in [0.25, 0.3) is 0 Å². The van der Waals surface area contributed by atoms with Gasteiger partial charge in [0.05, 0.1) is 13.2 Å². The number of rotatable bonds is 2. The Labute approximate surface area is 125 Å². The minimum Gasteiger partial charge on any atom is -0.394 e. The minimum absolute atomic E-state index is 0.399. The van der Waals surface area contributed by atoms with E-state index in [4.69, 9.17) is 29.2 Å². The molecule has 4 unspecified atom stereocenters. The smallest absolute Gasteiger partial charge is 0.222 e. The Morgan fingerprint density at radius 1 is 0.727 bits per heavy atom. The summed E-state index contributed by atoms with van der Waals surface area (Å²) in [4.78, 5) is 0. The molecule has 128 valence electrons. The van der Waals surface area contributed by atoms with Gasteiger partial charge in [0.25, 0.3) is 0 Å². The number of ether oxygens (including phenoxy) is 4. The zero-order chi connectivity index (χ0) is 16.1. The number of aliphatic hydroxyl groups excluding tert-OH is 6. The molecular formula is C12H20O10. The summed E-state index contributed by atoms with van der Waals surface area (Å²) in [6.07, 6.45) is -7.69. The second-order valence-electron chi connectivity index (χ2n) is 5.75. The first kappa shape index (κ1) is 16.5. The second-order valence-corrected chi connectivity index (χ2v) is 5.75. The van der Waals surface area contributed by atoms with Crippen LogP contribution in [0.2, 0.25) is 0 Å². The molecule has 10 heteroatoms. The molecule has 2 spiro atoms. The molecule has 0 aromatic rings. The highest BCUT2D eigenvalue weighted by Crippen LogP contribution is 2.42. The van der Waals surface area contributed by atoms with Crippen molar-refractivity contribution in [2.24, 2.45) is 0 Å². The van der Waals surface area contributed by atoms with Gasteiger partial charge >= 0.3 is 0 Å². The maximum Gasteiger partial charge on any atom is 0.222 e. The lowest BCUT2D eigenvalue weighted by atomic mass is 10.0. The summed E-state index contributed by atoms with van der Waals surface area (Å²) < 4.78 is 21.6. The molecule has 10 nitrogen and oxygen atoms in total. The van der Waals surface area contributed by atoms with Gasteiger partial charge in [0.1, 0.15) is 49.8 Å². The summed E-state index contributed by atoms with van der Waals surface area (Å²) in [5.41, 5.74) is 0. The molecule has 3 heterocycles. The van der Waals surface area contributed by atoms with Crippen LogP contribution in [0.4, 0.5) is 0 Å². The van der Waals surface area contributed by atoms with Crippen LogP contribution in [-0.4, -0.2) is 105 Å². The van der Waals surface area contributed by atoms with Crippen LogP contribution in [0, 0.1) is 0 Å². The van der Waals surface area contributed by atoms with Gasteiger partial charge in [-0.25, -0.2) is 0 Å². The van der Waals surface area contributed by atoms with Gasteiger partial charge in [0, 0.05) is 0 Å². The van der Waals surface area contributed by atoms with E-state index in [2.05, 4.69) is 0 Å². The molecule has 0 radical (unpaired) electrons. The van der Waals surface area contributed by atoms with E-state index in [9.17, 15) is 20.4 Å². The molecule has 0 bridgehead atoms. The third kappa shape index (κ3) is 2.19. The van der Waals surface area contributed by atoms with Crippen LogP contribution in [0.3, 0.4) is 0 Å². The third-order valence-electron chi connectivity index (χ3n) is 4.41. The monoisotopic (exact) mass is 324 g/mol. The Kier molecular flexibility index (Phi) is 4.19. The predicted molar refractivity (Wildman–Crippen MR) is 65.3 cm³/mol. The zero-order valence-corrected chi connectivity index (χ0v) is 11.6. The van der Waals surface area contributed by atoms with Gasteiger partial charge in [-0.15, -0.1) is 0 Å². The van der Waals surface area contributed by atoms with E-state index in [-0.39, 0.29) is 0 Å². The van der Waals surface area contributed by atoms with Crippen LogP contribution in [0.15, 0.2) is 0 Å². The van der Waals surface area contributed by atoms with Gasteiger partial charge in [-0.05, 0) is 0 Å². The van der Waals surface area contributed by atoms with Gasteiger partial charge in [-0.1, -0.05) is 0 Å². The zero-order valence-electron chi connectivity index (χ0n) is 11.6. The number of aliphatic hydroxyl groups is 6. The highest BCUT2D eigenvalue weighted by molar-refractivity contribution is 5.03. The summed E-state index contributed by atoms with van der Waals surface area (Å²) in [6.45, 7) is -1.83. The van der Waals surface area contributed by atoms with Crippen molar-refractivity contribution >= 4 is 0 Å². The van der Waals surface area contributed by atoms with Crippen molar-refractivity contribution in [1.82, 2.24) is 0 Å². The predicted octanol–water partition coefficient (Wildman–Crippen LogP) is -4.35. The molecule has 8 atom stereocenters. The van der Waals surface area contributed by atoms with E-state index in [0.29, 0.717) is 0 Å². The second kappa shape index (κ2) is 5.60. The fraction of sp³-hybridized carbons (Fsp3) is 1.00. The molecule has 3 aliphatic heterocycles. The highest BCUT2D eigenvalue weighted by atomic mass is 16.8. The Balaban J connectivity index is 1.73. The van der Waals surface area contributed by atoms with Gasteiger partial charge in [-0.3, -0.25) is 0 Å². The van der Waals surface area contributed by atoms with E-state index in [0.717, 1.165) is 0 Å². The van der Waals surface area contributed by atoms with Crippen molar-refractivity contribution < 1.29 is 49.6 Å². The number of hydrogen-bond acceptors (Lipinski definition) is 10. The Hall–Kier alpha value is -0.400. The maximum absolute atomic E-state index is 10.0. The molecule has 0 saturated carbocycles. The van der Waals surface area contributed by atoms with Crippen molar-refractivity contribution in [3.63, 3.8) is 0 Å². The first-order valence-electron chi connectivity index (χ1n) is 6.96. The Bertz CT molecular complexity index is 371. The Morgan fingerprint density at radius 2 is 1.09 bits per heavy atom. The third-order valence-corrected chi connectivity index (χ3v) is 4.41. The SMILES string of the molecule is OC[C@H]1O[C@@]2(CO[C@@]3(CO2)O[C@H](CO)C(O)C3O)C(O)C1O. The molecule has 0 aliphatic carbocycles. The van der Waals surface area contributed by atoms with Crippen molar-refractivity contribution in [2.75, 3.05) is 26.4 Å². The highest BCUT2D eigenvalue weighted by Gasteiger charge is 2.64. The lowest BCUT2D eigenvalue weighted by Gasteiger charge is -2.44. The lowest BCUT2D eigenvalue weighted by Crippen LogP contribution is -2.62. The summed E-state index contributed by atoms with van der Waals surface area (Å²) >= 11 is 0. The van der Waals surface area contributed by atoms with Crippen molar-refractivity contribution in [3.05, 3.63) is 0 Å². The molecule has 0 aromatic carbocycles. The van der Waals surface area contributed by atoms with E-state index in [1.54, 1.807) is 0 Å². The van der Waals surface area contributed by atoms with E-state index in [1.165, 1.54) is 0 Å². The van der Waals surface area contributed by atoms with Crippen LogP contribution in [0.5, 0.6) is 0 Å². The summed E-state index contributed by atoms with van der Waals surface area (Å²) in [6, 6.07) is 0. The van der Waals surface area contributed by atoms with E-state index < -0.39 is 74.6 Å². The standard InChI is InChI=1S/C12H20O10/c13-1-5-7(15)9(17)11(21-5)3-20-12(4-19-11)10(18)8(16)6(2-14)22-12/h5-10,13-18H,1-4H2/t5-,6-,7?,8?,9?,10?,11+,12+/m1/s1. The van der Waals surface area contributed by atoms with Gasteiger partial charge in [0.2, 0.25) is 11.6 Å². The Morgan fingerprint density at radius 3 is 1.32 bits per heavy atom. The van der Waals surface area contributed by atoms with Crippen LogP contribution >= 0.6 is 0 Å². The molecular weight excluding hydrogens is 304 g/mol. The normalized spacial score (nSPS) is 55.4. The van der Waals surface area contributed by atoms with E-state index >= 15 is 0 Å². The van der Waals surface area contributed by atoms with Crippen LogP contribution < -0.4 is 0 Å². The largest absolute Gasteiger partial charge is 0.394 e. The summed E-state index contributed by atoms with van der Waals surface area (Å²) in [7, 11) is 0. The fourth-order valence-corrected chi connectivity index (χ4v) is 3.02. The van der Waals surface area contributed by atoms with Crippen molar-refractivity contribution in [3.8, 4) is 0 Å². The lowest BCUT2D eigenvalue weighted by molar-refractivity contribution is -0.401. The molecule has 6 N–H and O–H groups in total. The fourth-order valence-electron chi connectivity index (χ4n) is 3.02. The molecule has 0 amide bonds. The summed E-state index contributed by atoms with van der Waals surface area (Å²) in [5, 5.41) is 57.8. The van der Waals surface area contributed by atoms with Crippen molar-refractivity contribution in [2.45, 2.75) is 48.2 Å². The molecule has 3 saturated heterocycles. The summed E-state index contributed by atoms with van der Waals surface area (Å²) in [5.74, 6) is -3.38. The van der Waals surface area contributed by atoms with Crippen molar-refractivity contribution in [1.29, 1.82) is 0 Å². The van der Waals surface area contributed by atoms with Gasteiger partial charge < -0.3 is 49.6 Å². The number of hydrogen-bond donors (Lipinski definition) is 6. The quantitative estimate of drug-likeness (QED) is 0.293. The van der Waals surface area contributed by atoms with Crippen LogP contribution in [0.1, 0.15) is 0 Å². The van der Waals surface area contributed by atoms with Crippen LogP contribution in [-0.2, 0) is 18.9 Å².